The number of hydrogen-bond donors (Lipinski definition) is 1. The van der Waals surface area contributed by atoms with Crippen molar-refractivity contribution in [2.24, 2.45) is 0 Å². The number of nitrogens with one attached hydrogen (secondary N) is 1. The number of anilines is 1. The van der Waals surface area contributed by atoms with Gasteiger partial charge in [0.15, 0.2) is 5.13 Å². The van der Waals surface area contributed by atoms with E-state index < -0.39 is 0 Å². The summed E-state index contributed by atoms with van der Waals surface area (Å²) in [5.41, 5.74) is 6.60. The van der Waals surface area contributed by atoms with Crippen LogP contribution in [0.4, 0.5) is 5.13 Å². The molecule has 1 N–H and O–H groups in total. The van der Waals surface area contributed by atoms with Gasteiger partial charge in [-0.3, -0.25) is 10.1 Å². The van der Waals surface area contributed by atoms with Crippen LogP contribution in [0.25, 0.3) is 11.3 Å². The molecule has 1 aliphatic rings. The highest BCUT2D eigenvalue weighted by molar-refractivity contribution is 7.14. The molecule has 1 heterocycles. The monoisotopic (exact) mass is 348 g/mol. The van der Waals surface area contributed by atoms with Crippen LogP contribution in [0.1, 0.15) is 39.9 Å². The summed E-state index contributed by atoms with van der Waals surface area (Å²) >= 11 is 1.46. The standard InChI is InChI=1S/C21H20N2OS/c1-14-6-8-16(9-7-14)19-13-25-21(22-19)23-20(24)18-11-10-15-4-2-3-5-17(15)12-18/h6-13H,2-5H2,1H3,(H,22,23,24). The summed E-state index contributed by atoms with van der Waals surface area (Å²) < 4.78 is 0. The molecule has 3 nitrogen and oxygen atoms in total. The van der Waals surface area contributed by atoms with Gasteiger partial charge in [0.2, 0.25) is 0 Å². The summed E-state index contributed by atoms with van der Waals surface area (Å²) in [5, 5.41) is 5.55. The maximum absolute atomic E-state index is 12.5. The second kappa shape index (κ2) is 6.81. The van der Waals surface area contributed by atoms with Crippen molar-refractivity contribution in [3.8, 4) is 11.3 Å². The Morgan fingerprint density at radius 1 is 1.04 bits per heavy atom. The maximum atomic E-state index is 12.5. The number of nitrogens with zero attached hydrogens (tertiary/aromatic N) is 1. The molecule has 0 aliphatic heterocycles. The molecular weight excluding hydrogens is 328 g/mol. The Balaban J connectivity index is 1.50. The average molecular weight is 348 g/mol. The topological polar surface area (TPSA) is 42.0 Å². The summed E-state index contributed by atoms with van der Waals surface area (Å²) in [6, 6.07) is 14.3. The lowest BCUT2D eigenvalue weighted by molar-refractivity contribution is 0.102. The van der Waals surface area contributed by atoms with Crippen LogP contribution in [0.2, 0.25) is 0 Å². The number of fused-ring (bicyclic) bond motifs is 1. The molecule has 2 aromatic carbocycles. The number of amides is 1. The molecule has 126 valence electrons. The van der Waals surface area contributed by atoms with Crippen molar-refractivity contribution in [1.29, 1.82) is 0 Å². The van der Waals surface area contributed by atoms with E-state index in [2.05, 4.69) is 47.6 Å². The number of benzene rings is 2. The molecule has 25 heavy (non-hydrogen) atoms. The molecule has 1 aromatic heterocycles. The van der Waals surface area contributed by atoms with Gasteiger partial charge in [-0.15, -0.1) is 11.3 Å². The van der Waals surface area contributed by atoms with Crippen LogP contribution in [-0.2, 0) is 12.8 Å². The van der Waals surface area contributed by atoms with Crippen molar-refractivity contribution in [2.45, 2.75) is 32.6 Å². The SMILES string of the molecule is Cc1ccc(-c2csc(NC(=O)c3ccc4c(c3)CCCC4)n2)cc1. The second-order valence-corrected chi connectivity index (χ2v) is 7.41. The van der Waals surface area contributed by atoms with E-state index in [1.807, 2.05) is 17.5 Å². The van der Waals surface area contributed by atoms with Crippen LogP contribution in [0.15, 0.2) is 47.8 Å². The number of carbonyl (C=O) groups excluding carboxylic acids is 1. The van der Waals surface area contributed by atoms with Gasteiger partial charge in [-0.2, -0.15) is 0 Å². The molecule has 4 rings (SSSR count). The van der Waals surface area contributed by atoms with Crippen molar-refractivity contribution in [1.82, 2.24) is 4.98 Å². The van der Waals surface area contributed by atoms with E-state index in [1.165, 1.54) is 40.9 Å². The Labute approximate surface area is 151 Å². The van der Waals surface area contributed by atoms with Gasteiger partial charge in [0.25, 0.3) is 5.91 Å². The van der Waals surface area contributed by atoms with E-state index in [-0.39, 0.29) is 5.91 Å². The lowest BCUT2D eigenvalue weighted by atomic mass is 9.90. The number of thiazole rings is 1. The van der Waals surface area contributed by atoms with Crippen molar-refractivity contribution in [3.05, 3.63) is 70.1 Å². The van der Waals surface area contributed by atoms with E-state index in [0.29, 0.717) is 10.7 Å². The van der Waals surface area contributed by atoms with Crippen LogP contribution >= 0.6 is 11.3 Å². The molecule has 4 heteroatoms. The quantitative estimate of drug-likeness (QED) is 0.702. The van der Waals surface area contributed by atoms with Gasteiger partial charge in [-0.05, 0) is 55.9 Å². The lowest BCUT2D eigenvalue weighted by Gasteiger charge is -2.16. The van der Waals surface area contributed by atoms with Gasteiger partial charge in [0, 0.05) is 16.5 Å². The summed E-state index contributed by atoms with van der Waals surface area (Å²) in [4.78, 5) is 17.1. The first-order valence-corrected chi connectivity index (χ1v) is 9.53. The number of carbonyl (C=O) groups is 1. The highest BCUT2D eigenvalue weighted by Crippen LogP contribution is 2.26. The van der Waals surface area contributed by atoms with Crippen molar-refractivity contribution < 1.29 is 4.79 Å². The summed E-state index contributed by atoms with van der Waals surface area (Å²) in [6.45, 7) is 2.06. The Morgan fingerprint density at radius 3 is 2.60 bits per heavy atom. The van der Waals surface area contributed by atoms with Crippen LogP contribution in [0.5, 0.6) is 0 Å². The molecule has 0 fully saturated rings. The van der Waals surface area contributed by atoms with Gasteiger partial charge in [-0.25, -0.2) is 4.98 Å². The first-order valence-electron chi connectivity index (χ1n) is 8.65. The zero-order chi connectivity index (χ0) is 17.2. The third-order valence-corrected chi connectivity index (χ3v) is 5.44. The van der Waals surface area contributed by atoms with Gasteiger partial charge in [-0.1, -0.05) is 35.9 Å². The first-order chi connectivity index (χ1) is 12.2. The fourth-order valence-electron chi connectivity index (χ4n) is 3.23. The van der Waals surface area contributed by atoms with Gasteiger partial charge in [0.1, 0.15) is 0 Å². The molecule has 0 atom stereocenters. The molecule has 0 radical (unpaired) electrons. The highest BCUT2D eigenvalue weighted by atomic mass is 32.1. The van der Waals surface area contributed by atoms with Gasteiger partial charge < -0.3 is 0 Å². The largest absolute Gasteiger partial charge is 0.298 e. The smallest absolute Gasteiger partial charge is 0.257 e. The predicted octanol–water partition coefficient (Wildman–Crippen LogP) is 5.25. The third-order valence-electron chi connectivity index (χ3n) is 4.68. The van der Waals surface area contributed by atoms with E-state index >= 15 is 0 Å². The molecule has 1 amide bonds. The van der Waals surface area contributed by atoms with Gasteiger partial charge in [0.05, 0.1) is 5.69 Å². The van der Waals surface area contributed by atoms with Gasteiger partial charge >= 0.3 is 0 Å². The van der Waals surface area contributed by atoms with Crippen molar-refractivity contribution in [3.63, 3.8) is 0 Å². The minimum absolute atomic E-state index is 0.0850. The van der Waals surface area contributed by atoms with Crippen molar-refractivity contribution in [2.75, 3.05) is 5.32 Å². The minimum atomic E-state index is -0.0850. The Bertz CT molecular complexity index is 912. The van der Waals surface area contributed by atoms with E-state index in [9.17, 15) is 4.79 Å². The molecular formula is C21H20N2OS. The van der Waals surface area contributed by atoms with Crippen molar-refractivity contribution >= 4 is 22.4 Å². The average Bonchev–Trinajstić information content (AvgIpc) is 3.10. The number of aromatic nitrogens is 1. The highest BCUT2D eigenvalue weighted by Gasteiger charge is 2.14. The van der Waals surface area contributed by atoms with Crippen LogP contribution < -0.4 is 5.32 Å². The molecule has 0 saturated heterocycles. The van der Waals surface area contributed by atoms with E-state index in [0.717, 1.165) is 24.1 Å². The zero-order valence-electron chi connectivity index (χ0n) is 14.2. The molecule has 1 aliphatic carbocycles. The van der Waals surface area contributed by atoms with Crippen LogP contribution in [-0.4, -0.2) is 10.9 Å². The number of hydrogen-bond acceptors (Lipinski definition) is 3. The summed E-state index contributed by atoms with van der Waals surface area (Å²) in [7, 11) is 0. The Hall–Kier alpha value is -2.46. The van der Waals surface area contributed by atoms with E-state index in [1.54, 1.807) is 0 Å². The second-order valence-electron chi connectivity index (χ2n) is 6.55. The predicted molar refractivity (Wildman–Crippen MR) is 103 cm³/mol. The molecule has 3 aromatic rings. The molecule has 0 saturated carbocycles. The maximum Gasteiger partial charge on any atom is 0.257 e. The van der Waals surface area contributed by atoms with E-state index in [4.69, 9.17) is 0 Å². The normalized spacial score (nSPS) is 13.3. The summed E-state index contributed by atoms with van der Waals surface area (Å²) in [5.74, 6) is -0.0850. The molecule has 0 bridgehead atoms. The number of rotatable bonds is 3. The van der Waals surface area contributed by atoms with Crippen LogP contribution in [0.3, 0.4) is 0 Å². The fraction of sp³-hybridized carbons (Fsp3) is 0.238. The zero-order valence-corrected chi connectivity index (χ0v) is 15.0. The number of aryl methyl sites for hydroxylation is 3. The fourth-order valence-corrected chi connectivity index (χ4v) is 3.95. The first kappa shape index (κ1) is 16.0. The molecule has 0 unspecified atom stereocenters. The summed E-state index contributed by atoms with van der Waals surface area (Å²) in [6.07, 6.45) is 4.67. The lowest BCUT2D eigenvalue weighted by Crippen LogP contribution is -2.13. The van der Waals surface area contributed by atoms with Crippen LogP contribution in [0, 0.1) is 6.92 Å². The Morgan fingerprint density at radius 2 is 1.80 bits per heavy atom. The third kappa shape index (κ3) is 3.49. The molecule has 0 spiro atoms. The Kier molecular flexibility index (Phi) is 4.36. The minimum Gasteiger partial charge on any atom is -0.298 e.